The summed E-state index contributed by atoms with van der Waals surface area (Å²) >= 11 is 0. The van der Waals surface area contributed by atoms with Gasteiger partial charge in [-0.05, 0) is 54.1 Å². The third-order valence-electron chi connectivity index (χ3n) is 9.33. The highest BCUT2D eigenvalue weighted by atomic mass is 16.7. The summed E-state index contributed by atoms with van der Waals surface area (Å²) in [4.78, 5) is 35.6. The monoisotopic (exact) mass is 844 g/mol. The van der Waals surface area contributed by atoms with Crippen LogP contribution in [0.25, 0.3) is 28.7 Å². The molecule has 1 unspecified atom stereocenters. The Balaban J connectivity index is 1.27. The van der Waals surface area contributed by atoms with E-state index in [9.17, 15) is 65.4 Å². The van der Waals surface area contributed by atoms with E-state index in [-0.39, 0.29) is 45.6 Å². The van der Waals surface area contributed by atoms with Crippen molar-refractivity contribution in [2.24, 2.45) is 0 Å². The molecule has 2 aromatic carbocycles. The number of carbonyl (C=O) groups excluding carboxylic acids is 1. The summed E-state index contributed by atoms with van der Waals surface area (Å²) in [5.41, 5.74) is -0.120. The van der Waals surface area contributed by atoms with Crippen molar-refractivity contribution in [2.45, 2.75) is 74.1 Å². The summed E-state index contributed by atoms with van der Waals surface area (Å²) < 4.78 is 39.5. The Morgan fingerprint density at radius 2 is 1.33 bits per heavy atom. The van der Waals surface area contributed by atoms with Crippen LogP contribution >= 0.6 is 0 Å². The van der Waals surface area contributed by atoms with Gasteiger partial charge in [-0.1, -0.05) is 12.1 Å². The fourth-order valence-corrected chi connectivity index (χ4v) is 6.15. The van der Waals surface area contributed by atoms with Gasteiger partial charge in [0.05, 0.1) is 12.2 Å². The zero-order valence-electron chi connectivity index (χ0n) is 30.9. The molecule has 4 aliphatic rings. The third-order valence-corrected chi connectivity index (χ3v) is 9.33. The smallest absolute Gasteiger partial charge is 0.317 e. The predicted molar refractivity (Wildman–Crippen MR) is 197 cm³/mol. The zero-order chi connectivity index (χ0) is 43.4. The van der Waals surface area contributed by atoms with Gasteiger partial charge in [-0.15, -0.1) is 0 Å². The van der Waals surface area contributed by atoms with Crippen molar-refractivity contribution >= 4 is 18.0 Å². The number of phenols is 3. The van der Waals surface area contributed by atoms with Crippen molar-refractivity contribution in [3.8, 4) is 51.4 Å². The zero-order valence-corrected chi connectivity index (χ0v) is 30.9. The molecule has 3 aliphatic heterocycles. The van der Waals surface area contributed by atoms with E-state index in [1.54, 1.807) is 0 Å². The molecular weight excluding hydrogens is 804 g/mol. The molecule has 21 heteroatoms. The van der Waals surface area contributed by atoms with Gasteiger partial charge in [0.2, 0.25) is 12.6 Å². The molecule has 322 valence electrons. The number of hydrogen-bond acceptors (Lipinski definition) is 20. The third kappa shape index (κ3) is 10.1. The molecule has 11 N–H and O–H groups in total. The van der Waals surface area contributed by atoms with E-state index in [4.69, 9.17) is 37.9 Å². The van der Waals surface area contributed by atoms with E-state index in [1.807, 2.05) is 0 Å². The number of aromatic hydroxyl groups is 3. The van der Waals surface area contributed by atoms with Crippen LogP contribution in [-0.4, -0.2) is 149 Å². The van der Waals surface area contributed by atoms with Gasteiger partial charge in [-0.3, -0.25) is 14.4 Å². The molecule has 3 heterocycles. The molecule has 6 rings (SSSR count). The van der Waals surface area contributed by atoms with Gasteiger partial charge in [0.1, 0.15) is 79.1 Å². The lowest BCUT2D eigenvalue weighted by atomic mass is 9.99. The fourth-order valence-electron chi connectivity index (χ4n) is 6.15. The van der Waals surface area contributed by atoms with Gasteiger partial charge >= 0.3 is 11.9 Å². The van der Waals surface area contributed by atoms with Gasteiger partial charge in [-0.25, -0.2) is 0 Å². The average Bonchev–Trinajstić information content (AvgIpc) is 3.20. The van der Waals surface area contributed by atoms with Crippen LogP contribution in [0.15, 0.2) is 76.0 Å². The molecule has 0 spiro atoms. The minimum atomic E-state index is -1.96. The predicted octanol–water partition coefficient (Wildman–Crippen LogP) is -1.03. The van der Waals surface area contributed by atoms with Crippen molar-refractivity contribution < 1.29 is 98.6 Å². The van der Waals surface area contributed by atoms with Crippen LogP contribution < -0.4 is 14.9 Å². The highest BCUT2D eigenvalue weighted by molar-refractivity contribution is 5.90. The van der Waals surface area contributed by atoms with Crippen molar-refractivity contribution in [1.29, 1.82) is 0 Å². The summed E-state index contributed by atoms with van der Waals surface area (Å²) in [6, 6.07) is 12.6. The van der Waals surface area contributed by atoms with E-state index in [2.05, 4.69) is 0 Å². The number of rotatable bonds is 14. The molecule has 60 heavy (non-hydrogen) atoms. The molecule has 1 aliphatic carbocycles. The van der Waals surface area contributed by atoms with Crippen LogP contribution in [-0.2, 0) is 28.5 Å². The summed E-state index contributed by atoms with van der Waals surface area (Å²) in [6.07, 6.45) is -18.1. The number of esters is 1. The van der Waals surface area contributed by atoms with E-state index < -0.39 is 110 Å². The van der Waals surface area contributed by atoms with Crippen molar-refractivity contribution in [3.63, 3.8) is 0 Å². The Morgan fingerprint density at radius 1 is 0.717 bits per heavy atom. The number of benzene rings is 3. The minimum Gasteiger partial charge on any atom is -0.508 e. The van der Waals surface area contributed by atoms with Crippen molar-refractivity contribution in [2.75, 3.05) is 13.2 Å². The van der Waals surface area contributed by atoms with Gasteiger partial charge in [-0.2, -0.15) is 0 Å². The first-order chi connectivity index (χ1) is 28.5. The van der Waals surface area contributed by atoms with Crippen LogP contribution in [0, 0.1) is 0 Å². The molecule has 21 nitrogen and oxygen atoms in total. The number of phenolic OH excluding ortho intramolecular Hbond substituents is 3. The summed E-state index contributed by atoms with van der Waals surface area (Å²) in [7, 11) is 0. The summed E-state index contributed by atoms with van der Waals surface area (Å²) in [6.45, 7) is -1.34. The van der Waals surface area contributed by atoms with E-state index in [1.165, 1.54) is 60.7 Å². The topological polar surface area (TPSA) is 342 Å². The Bertz CT molecular complexity index is 2190. The number of ether oxygens (including phenoxy) is 6. The molecule has 0 radical (unpaired) electrons. The maximum absolute atomic E-state index is 12.9. The second kappa shape index (κ2) is 18.6. The lowest BCUT2D eigenvalue weighted by Crippen LogP contribution is -2.60. The standard InChI is InChI=1S/C39H40O21/c40-18-5-3-17(4-6-18)37-25(58-39-36(53)34(51)31(48)26(60-39)14-54-29(46)8-2-16-1-7-21(42)22(43)9-16)12-20-23(56-37)10-19(41)11-24(20)57-38-35(52)33(50)32(49)27(59-38)15-55-30(47)13-28(44)45/h1-12,26-27,29,31-36,38-40,42-43,46,48-53H,13-15H2,(H,44,45)/t26-,27-,29?,31-,32-,33+,34+,35-,36-,38-,39-/m1/s1. The first-order valence-electron chi connectivity index (χ1n) is 18.0. The molecule has 2 aromatic rings. The number of carboxylic acids is 1. The maximum atomic E-state index is 12.9. The number of carboxylic acid groups (broad SMARTS) is 1. The largest absolute Gasteiger partial charge is 0.508 e. The van der Waals surface area contributed by atoms with Crippen LogP contribution in [0.4, 0.5) is 0 Å². The lowest BCUT2D eigenvalue weighted by molar-refractivity contribution is -0.284. The highest BCUT2D eigenvalue weighted by Crippen LogP contribution is 2.43. The van der Waals surface area contributed by atoms with Crippen LogP contribution in [0.1, 0.15) is 12.0 Å². The minimum absolute atomic E-state index is 0.0596. The Hall–Kier alpha value is -5.85. The normalized spacial score (nSPS) is 27.4. The van der Waals surface area contributed by atoms with Gasteiger partial charge in [0, 0.05) is 17.7 Å². The second-order valence-corrected chi connectivity index (χ2v) is 13.7. The second-order valence-electron chi connectivity index (χ2n) is 13.7. The van der Waals surface area contributed by atoms with Gasteiger partial charge in [0.15, 0.2) is 34.7 Å². The molecule has 0 bridgehead atoms. The summed E-state index contributed by atoms with van der Waals surface area (Å²) in [5, 5.41) is 113. The molecule has 0 amide bonds. The molecule has 0 aromatic heterocycles. The van der Waals surface area contributed by atoms with E-state index in [0.717, 1.165) is 12.1 Å². The number of aliphatic carboxylic acids is 1. The Kier molecular flexibility index (Phi) is 13.6. The Morgan fingerprint density at radius 3 is 1.95 bits per heavy atom. The van der Waals surface area contributed by atoms with Crippen LogP contribution in [0.2, 0.25) is 0 Å². The summed E-state index contributed by atoms with van der Waals surface area (Å²) in [5.74, 6) is -4.45. The number of aliphatic hydroxyl groups is 7. The first-order valence-corrected chi connectivity index (χ1v) is 18.0. The lowest BCUT2D eigenvalue weighted by Gasteiger charge is -2.40. The number of aliphatic hydroxyl groups excluding tert-OH is 7. The number of carbonyl (C=O) groups is 2. The van der Waals surface area contributed by atoms with E-state index in [0.29, 0.717) is 5.56 Å². The fraction of sp³-hybridized carbons (Fsp3) is 0.359. The molecular formula is C39H40O21. The molecule has 2 saturated heterocycles. The number of hydrogen-bond donors (Lipinski definition) is 11. The first kappa shape index (κ1) is 43.7. The van der Waals surface area contributed by atoms with Crippen molar-refractivity contribution in [1.82, 2.24) is 0 Å². The van der Waals surface area contributed by atoms with Gasteiger partial charge < -0.3 is 89.0 Å². The van der Waals surface area contributed by atoms with Crippen molar-refractivity contribution in [3.05, 3.63) is 82.5 Å². The SMILES string of the molecule is O=C(O)CC(=O)OC[C@H]1O[C@@H](Oc2cc(=O)cc3oc(-c4ccc(O)cc4)c(O[C@@H]4O[C@H](COC(O)C=Cc5ccc(O)c(O)c5)[C@@H](O)[C@H](O)[C@H]4O)cc2-3)[C@H](O)[C@@H](O)[C@@H]1O. The quantitative estimate of drug-likeness (QED) is 0.0313. The van der Waals surface area contributed by atoms with E-state index >= 15 is 0 Å². The average molecular weight is 845 g/mol. The Labute approximate surface area is 337 Å². The maximum Gasteiger partial charge on any atom is 0.317 e. The van der Waals surface area contributed by atoms with Crippen LogP contribution in [0.3, 0.4) is 0 Å². The molecule has 11 atom stereocenters. The van der Waals surface area contributed by atoms with Crippen LogP contribution in [0.5, 0.6) is 28.7 Å². The van der Waals surface area contributed by atoms with Gasteiger partial charge in [0.25, 0.3) is 0 Å². The molecule has 0 saturated carbocycles. The molecule has 2 fully saturated rings. The highest BCUT2D eigenvalue weighted by Gasteiger charge is 2.47. The number of fused-ring (bicyclic) bond motifs is 1.